The lowest BCUT2D eigenvalue weighted by Gasteiger charge is -2.33. The molecule has 19 heavy (non-hydrogen) atoms. The predicted molar refractivity (Wildman–Crippen MR) is 74.4 cm³/mol. The first kappa shape index (κ1) is 13.6. The molecule has 1 fully saturated rings. The average Bonchev–Trinajstić information content (AvgIpc) is 2.46. The second-order valence-corrected chi connectivity index (χ2v) is 5.25. The lowest BCUT2D eigenvalue weighted by Crippen LogP contribution is -2.36. The Morgan fingerprint density at radius 2 is 2.11 bits per heavy atom. The molecule has 1 aromatic heterocycles. The summed E-state index contributed by atoms with van der Waals surface area (Å²) in [5.74, 6) is 1.45. The van der Waals surface area contributed by atoms with Gasteiger partial charge in [-0.15, -0.1) is 0 Å². The summed E-state index contributed by atoms with van der Waals surface area (Å²) in [6.07, 6.45) is 6.45. The van der Waals surface area contributed by atoms with Gasteiger partial charge in [0.15, 0.2) is 5.84 Å². The van der Waals surface area contributed by atoms with Crippen molar-refractivity contribution >= 4 is 11.8 Å². The van der Waals surface area contributed by atoms with Gasteiger partial charge in [-0.25, -0.2) is 9.97 Å². The molecule has 1 aromatic rings. The molecular weight excluding hydrogens is 242 g/mol. The lowest BCUT2D eigenvalue weighted by atomic mass is 9.87. The fourth-order valence-corrected chi connectivity index (χ4v) is 2.51. The minimum absolute atomic E-state index is 0.00863. The van der Waals surface area contributed by atoms with E-state index in [0.29, 0.717) is 17.7 Å². The minimum atomic E-state index is 0.00863. The van der Waals surface area contributed by atoms with E-state index in [2.05, 4.69) is 26.9 Å². The van der Waals surface area contributed by atoms with Gasteiger partial charge in [-0.1, -0.05) is 12.1 Å². The highest BCUT2D eigenvalue weighted by atomic mass is 16.4. The Labute approximate surface area is 113 Å². The molecule has 0 spiro atoms. The highest BCUT2D eigenvalue weighted by Crippen LogP contribution is 2.27. The SMILES string of the molecule is CC1CCC(N(C)c2nccc(/C(N)=N/O)n2)CC1. The van der Waals surface area contributed by atoms with E-state index in [0.717, 1.165) is 18.8 Å². The number of aromatic nitrogens is 2. The molecule has 104 valence electrons. The fourth-order valence-electron chi connectivity index (χ4n) is 2.51. The Morgan fingerprint density at radius 1 is 1.42 bits per heavy atom. The van der Waals surface area contributed by atoms with Gasteiger partial charge >= 0.3 is 0 Å². The van der Waals surface area contributed by atoms with Crippen LogP contribution in [-0.2, 0) is 0 Å². The van der Waals surface area contributed by atoms with Gasteiger partial charge in [0.2, 0.25) is 5.95 Å². The van der Waals surface area contributed by atoms with Crippen molar-refractivity contribution < 1.29 is 5.21 Å². The quantitative estimate of drug-likeness (QED) is 0.374. The van der Waals surface area contributed by atoms with E-state index in [1.165, 1.54) is 12.8 Å². The van der Waals surface area contributed by atoms with Crippen molar-refractivity contribution in [3.05, 3.63) is 18.0 Å². The molecule has 0 radical (unpaired) electrons. The van der Waals surface area contributed by atoms with Crippen LogP contribution in [0, 0.1) is 5.92 Å². The Bertz CT molecular complexity index is 454. The number of hydrogen-bond donors (Lipinski definition) is 2. The molecule has 0 unspecified atom stereocenters. The second kappa shape index (κ2) is 5.86. The molecule has 2 rings (SSSR count). The summed E-state index contributed by atoms with van der Waals surface area (Å²) in [5, 5.41) is 11.7. The van der Waals surface area contributed by atoms with Crippen molar-refractivity contribution in [1.82, 2.24) is 9.97 Å². The third kappa shape index (κ3) is 3.13. The molecule has 0 saturated heterocycles. The van der Waals surface area contributed by atoms with Crippen LogP contribution in [0.3, 0.4) is 0 Å². The standard InChI is InChI=1S/C13H21N5O/c1-9-3-5-10(6-4-9)18(2)13-15-8-7-11(16-13)12(14)17-19/h7-10,19H,3-6H2,1-2H3,(H2,14,17). The number of hydrogen-bond acceptors (Lipinski definition) is 5. The van der Waals surface area contributed by atoms with Crippen LogP contribution in [-0.4, -0.2) is 34.1 Å². The van der Waals surface area contributed by atoms with Crippen molar-refractivity contribution in [2.24, 2.45) is 16.8 Å². The van der Waals surface area contributed by atoms with Gasteiger partial charge in [0, 0.05) is 19.3 Å². The highest BCUT2D eigenvalue weighted by molar-refractivity contribution is 5.95. The summed E-state index contributed by atoms with van der Waals surface area (Å²) < 4.78 is 0. The van der Waals surface area contributed by atoms with Crippen molar-refractivity contribution in [2.45, 2.75) is 38.6 Å². The van der Waals surface area contributed by atoms with E-state index in [9.17, 15) is 0 Å². The molecule has 1 aliphatic rings. The summed E-state index contributed by atoms with van der Waals surface area (Å²) in [5.41, 5.74) is 6.00. The summed E-state index contributed by atoms with van der Waals surface area (Å²) in [7, 11) is 2.01. The molecule has 0 aliphatic heterocycles. The van der Waals surface area contributed by atoms with Gasteiger partial charge in [0.05, 0.1) is 0 Å². The Balaban J connectivity index is 2.13. The van der Waals surface area contributed by atoms with Crippen molar-refractivity contribution in [1.29, 1.82) is 0 Å². The number of anilines is 1. The van der Waals surface area contributed by atoms with Crippen LogP contribution in [0.4, 0.5) is 5.95 Å². The summed E-state index contributed by atoms with van der Waals surface area (Å²) in [6.45, 7) is 2.30. The predicted octanol–water partition coefficient (Wildman–Crippen LogP) is 1.59. The first-order valence-electron chi connectivity index (χ1n) is 6.65. The van der Waals surface area contributed by atoms with Crippen molar-refractivity contribution in [2.75, 3.05) is 11.9 Å². The first-order chi connectivity index (χ1) is 9.11. The molecule has 1 heterocycles. The van der Waals surface area contributed by atoms with E-state index >= 15 is 0 Å². The van der Waals surface area contributed by atoms with Crippen LogP contribution in [0.5, 0.6) is 0 Å². The maximum Gasteiger partial charge on any atom is 0.225 e. The molecule has 0 aromatic carbocycles. The molecule has 1 saturated carbocycles. The third-order valence-electron chi connectivity index (χ3n) is 3.86. The topological polar surface area (TPSA) is 87.6 Å². The maximum atomic E-state index is 8.68. The van der Waals surface area contributed by atoms with E-state index in [-0.39, 0.29) is 5.84 Å². The number of amidine groups is 1. The van der Waals surface area contributed by atoms with Gasteiger partial charge in [-0.2, -0.15) is 0 Å². The summed E-state index contributed by atoms with van der Waals surface area (Å²) >= 11 is 0. The summed E-state index contributed by atoms with van der Waals surface area (Å²) in [6, 6.07) is 2.11. The van der Waals surface area contributed by atoms with Crippen LogP contribution in [0.1, 0.15) is 38.3 Å². The molecule has 1 aliphatic carbocycles. The number of rotatable bonds is 3. The zero-order valence-electron chi connectivity index (χ0n) is 11.5. The van der Waals surface area contributed by atoms with Crippen LogP contribution >= 0.6 is 0 Å². The number of nitrogens with two attached hydrogens (primary N) is 1. The average molecular weight is 263 g/mol. The number of nitrogens with zero attached hydrogens (tertiary/aromatic N) is 4. The van der Waals surface area contributed by atoms with E-state index < -0.39 is 0 Å². The van der Waals surface area contributed by atoms with Crippen LogP contribution in [0.15, 0.2) is 17.4 Å². The minimum Gasteiger partial charge on any atom is -0.409 e. The molecule has 6 heteroatoms. The number of oxime groups is 1. The van der Waals surface area contributed by atoms with E-state index in [1.807, 2.05) is 7.05 Å². The normalized spacial score (nSPS) is 24.2. The molecule has 0 bridgehead atoms. The Kier molecular flexibility index (Phi) is 4.19. The van der Waals surface area contributed by atoms with Gasteiger partial charge in [-0.05, 0) is 37.7 Å². The van der Waals surface area contributed by atoms with Gasteiger partial charge in [0.25, 0.3) is 0 Å². The van der Waals surface area contributed by atoms with Crippen molar-refractivity contribution in [3.8, 4) is 0 Å². The molecule has 0 atom stereocenters. The lowest BCUT2D eigenvalue weighted by molar-refractivity contribution is 0.318. The fraction of sp³-hybridized carbons (Fsp3) is 0.615. The van der Waals surface area contributed by atoms with E-state index in [1.54, 1.807) is 12.3 Å². The molecular formula is C13H21N5O. The van der Waals surface area contributed by atoms with Crippen LogP contribution in [0.25, 0.3) is 0 Å². The van der Waals surface area contributed by atoms with Gasteiger partial charge in [-0.3, -0.25) is 0 Å². The third-order valence-corrected chi connectivity index (χ3v) is 3.86. The van der Waals surface area contributed by atoms with Crippen LogP contribution in [0.2, 0.25) is 0 Å². The monoisotopic (exact) mass is 263 g/mol. The Morgan fingerprint density at radius 3 is 2.74 bits per heavy atom. The largest absolute Gasteiger partial charge is 0.409 e. The maximum absolute atomic E-state index is 8.68. The molecule has 3 N–H and O–H groups in total. The second-order valence-electron chi connectivity index (χ2n) is 5.25. The van der Waals surface area contributed by atoms with E-state index in [4.69, 9.17) is 10.9 Å². The molecule has 0 amide bonds. The Hall–Kier alpha value is -1.85. The van der Waals surface area contributed by atoms with Crippen LogP contribution < -0.4 is 10.6 Å². The van der Waals surface area contributed by atoms with Gasteiger partial charge < -0.3 is 15.8 Å². The summed E-state index contributed by atoms with van der Waals surface area (Å²) in [4.78, 5) is 10.7. The molecule has 6 nitrogen and oxygen atoms in total. The first-order valence-corrected chi connectivity index (χ1v) is 6.65. The van der Waals surface area contributed by atoms with Gasteiger partial charge in [0.1, 0.15) is 5.69 Å². The zero-order chi connectivity index (χ0) is 13.8. The smallest absolute Gasteiger partial charge is 0.225 e. The van der Waals surface area contributed by atoms with Crippen molar-refractivity contribution in [3.63, 3.8) is 0 Å². The highest BCUT2D eigenvalue weighted by Gasteiger charge is 2.23. The zero-order valence-corrected chi connectivity index (χ0v) is 11.5.